The third kappa shape index (κ3) is 2.56. The number of likely N-dealkylation sites (N-methyl/N-ethyl adjacent to an activating group) is 1. The highest BCUT2D eigenvalue weighted by atomic mass is 16.3. The normalized spacial score (nSPS) is 15.5. The van der Waals surface area contributed by atoms with Crippen LogP contribution in [0.2, 0.25) is 0 Å². The molecule has 0 spiro atoms. The number of hydrogen-bond donors (Lipinski definition) is 1. The van der Waals surface area contributed by atoms with Crippen molar-refractivity contribution in [2.45, 2.75) is 25.5 Å². The third-order valence-electron chi connectivity index (χ3n) is 2.48. The predicted octanol–water partition coefficient (Wildman–Crippen LogP) is 2.06. The summed E-state index contributed by atoms with van der Waals surface area (Å²) in [5.41, 5.74) is 1.17. The topological polar surface area (TPSA) is 23.5 Å². The van der Waals surface area contributed by atoms with Crippen LogP contribution in [0, 0.1) is 0 Å². The monoisotopic (exact) mass is 193 g/mol. The van der Waals surface area contributed by atoms with Crippen LogP contribution in [0.5, 0.6) is 0 Å². The maximum absolute atomic E-state index is 9.90. The predicted molar refractivity (Wildman–Crippen MR) is 59.2 cm³/mol. The molecule has 0 fully saturated rings. The molecule has 0 saturated heterocycles. The molecule has 0 heterocycles. The van der Waals surface area contributed by atoms with Gasteiger partial charge in [0.25, 0.3) is 0 Å². The summed E-state index contributed by atoms with van der Waals surface area (Å²) in [6, 6.07) is 10.2. The lowest BCUT2D eigenvalue weighted by atomic mass is 9.99. The number of rotatable bonds is 4. The Morgan fingerprint density at radius 1 is 1.21 bits per heavy atom. The van der Waals surface area contributed by atoms with Gasteiger partial charge >= 0.3 is 0 Å². The van der Waals surface area contributed by atoms with Crippen molar-refractivity contribution in [3.63, 3.8) is 0 Å². The Kier molecular flexibility index (Phi) is 4.11. The molecule has 0 amide bonds. The van der Waals surface area contributed by atoms with Crippen molar-refractivity contribution in [3.05, 3.63) is 35.9 Å². The molecule has 78 valence electrons. The molecule has 2 atom stereocenters. The number of nitrogens with zero attached hydrogens (tertiary/aromatic N) is 1. The fourth-order valence-electron chi connectivity index (χ4n) is 1.74. The molecule has 0 radical (unpaired) electrons. The number of aliphatic hydroxyl groups is 1. The van der Waals surface area contributed by atoms with E-state index < -0.39 is 0 Å². The van der Waals surface area contributed by atoms with Crippen molar-refractivity contribution in [2.75, 3.05) is 14.1 Å². The van der Waals surface area contributed by atoms with Crippen LogP contribution < -0.4 is 0 Å². The number of aliphatic hydroxyl groups excluding tert-OH is 1. The molecule has 0 aliphatic heterocycles. The highest BCUT2D eigenvalue weighted by molar-refractivity contribution is 5.19. The van der Waals surface area contributed by atoms with Gasteiger partial charge in [-0.3, -0.25) is 0 Å². The molecule has 1 N–H and O–H groups in total. The second-order valence-electron chi connectivity index (χ2n) is 3.79. The van der Waals surface area contributed by atoms with E-state index in [9.17, 15) is 5.11 Å². The summed E-state index contributed by atoms with van der Waals surface area (Å²) in [4.78, 5) is 2.06. The molecule has 0 aliphatic carbocycles. The quantitative estimate of drug-likeness (QED) is 0.791. The highest BCUT2D eigenvalue weighted by Crippen LogP contribution is 2.23. The van der Waals surface area contributed by atoms with Gasteiger partial charge in [0.1, 0.15) is 0 Å². The van der Waals surface area contributed by atoms with E-state index in [4.69, 9.17) is 0 Å². The average Bonchev–Trinajstić information content (AvgIpc) is 2.19. The van der Waals surface area contributed by atoms with Crippen molar-refractivity contribution in [1.82, 2.24) is 4.90 Å². The molecule has 0 aromatic heterocycles. The highest BCUT2D eigenvalue weighted by Gasteiger charge is 2.21. The van der Waals surface area contributed by atoms with Gasteiger partial charge in [-0.1, -0.05) is 37.3 Å². The minimum Gasteiger partial charge on any atom is -0.391 e. The van der Waals surface area contributed by atoms with Gasteiger partial charge in [0.15, 0.2) is 0 Å². The zero-order valence-electron chi connectivity index (χ0n) is 9.14. The van der Waals surface area contributed by atoms with Crippen LogP contribution in [0.25, 0.3) is 0 Å². The zero-order chi connectivity index (χ0) is 10.6. The molecular formula is C12H19NO. The van der Waals surface area contributed by atoms with Crippen LogP contribution in [0.15, 0.2) is 30.3 Å². The molecule has 1 aromatic rings. The van der Waals surface area contributed by atoms with Crippen LogP contribution in [-0.2, 0) is 0 Å². The Morgan fingerprint density at radius 3 is 2.21 bits per heavy atom. The van der Waals surface area contributed by atoms with Gasteiger partial charge in [0, 0.05) is 0 Å². The van der Waals surface area contributed by atoms with Gasteiger partial charge in [0.05, 0.1) is 12.1 Å². The standard InChI is InChI=1S/C12H19NO/c1-4-11(14)12(13(2)3)10-8-6-5-7-9-10/h5-9,11-12,14H,4H2,1-3H3. The maximum Gasteiger partial charge on any atom is 0.0734 e. The SMILES string of the molecule is CCC(O)C(c1ccccc1)N(C)C. The van der Waals surface area contributed by atoms with E-state index in [0.717, 1.165) is 6.42 Å². The van der Waals surface area contributed by atoms with Crippen LogP contribution in [0.1, 0.15) is 24.9 Å². The molecule has 1 rings (SSSR count). The smallest absolute Gasteiger partial charge is 0.0734 e. The van der Waals surface area contributed by atoms with Crippen molar-refractivity contribution < 1.29 is 5.11 Å². The fraction of sp³-hybridized carbons (Fsp3) is 0.500. The van der Waals surface area contributed by atoms with Crippen LogP contribution in [-0.4, -0.2) is 30.2 Å². The first-order valence-electron chi connectivity index (χ1n) is 5.06. The van der Waals surface area contributed by atoms with E-state index in [-0.39, 0.29) is 12.1 Å². The van der Waals surface area contributed by atoms with Crippen molar-refractivity contribution >= 4 is 0 Å². The fourth-order valence-corrected chi connectivity index (χ4v) is 1.74. The maximum atomic E-state index is 9.90. The van der Waals surface area contributed by atoms with E-state index in [1.807, 2.05) is 39.2 Å². The van der Waals surface area contributed by atoms with Crippen LogP contribution >= 0.6 is 0 Å². The summed E-state index contributed by atoms with van der Waals surface area (Å²) >= 11 is 0. The summed E-state index contributed by atoms with van der Waals surface area (Å²) < 4.78 is 0. The Balaban J connectivity index is 2.89. The van der Waals surface area contributed by atoms with Crippen molar-refractivity contribution in [3.8, 4) is 0 Å². The molecule has 0 saturated carbocycles. The van der Waals surface area contributed by atoms with Gasteiger partial charge < -0.3 is 10.0 Å². The van der Waals surface area contributed by atoms with Gasteiger partial charge in [-0.05, 0) is 26.1 Å². The Morgan fingerprint density at radius 2 is 1.79 bits per heavy atom. The van der Waals surface area contributed by atoms with Gasteiger partial charge in [-0.25, -0.2) is 0 Å². The average molecular weight is 193 g/mol. The zero-order valence-corrected chi connectivity index (χ0v) is 9.14. The Hall–Kier alpha value is -0.860. The summed E-state index contributed by atoms with van der Waals surface area (Å²) in [7, 11) is 3.99. The van der Waals surface area contributed by atoms with Crippen molar-refractivity contribution in [2.24, 2.45) is 0 Å². The van der Waals surface area contributed by atoms with E-state index in [2.05, 4.69) is 17.0 Å². The molecule has 0 bridgehead atoms. The molecule has 0 aliphatic rings. The summed E-state index contributed by atoms with van der Waals surface area (Å²) in [6.45, 7) is 2.00. The lowest BCUT2D eigenvalue weighted by Gasteiger charge is -2.28. The second-order valence-corrected chi connectivity index (χ2v) is 3.79. The molecule has 2 nitrogen and oxygen atoms in total. The van der Waals surface area contributed by atoms with Crippen molar-refractivity contribution in [1.29, 1.82) is 0 Å². The van der Waals surface area contributed by atoms with E-state index in [0.29, 0.717) is 0 Å². The second kappa shape index (κ2) is 5.13. The lowest BCUT2D eigenvalue weighted by Crippen LogP contribution is -2.30. The lowest BCUT2D eigenvalue weighted by molar-refractivity contribution is 0.0727. The summed E-state index contributed by atoms with van der Waals surface area (Å²) in [6.07, 6.45) is 0.477. The van der Waals surface area contributed by atoms with Gasteiger partial charge in [-0.2, -0.15) is 0 Å². The largest absolute Gasteiger partial charge is 0.391 e. The van der Waals surface area contributed by atoms with Crippen LogP contribution in [0.4, 0.5) is 0 Å². The first-order valence-corrected chi connectivity index (χ1v) is 5.06. The molecule has 1 aromatic carbocycles. The van der Waals surface area contributed by atoms with E-state index in [1.165, 1.54) is 5.56 Å². The first kappa shape index (κ1) is 11.2. The summed E-state index contributed by atoms with van der Waals surface area (Å²) in [5, 5.41) is 9.90. The minimum absolute atomic E-state index is 0.0983. The van der Waals surface area contributed by atoms with E-state index in [1.54, 1.807) is 0 Å². The van der Waals surface area contributed by atoms with Gasteiger partial charge in [0.2, 0.25) is 0 Å². The minimum atomic E-state index is -0.299. The Labute approximate surface area is 86.2 Å². The number of hydrogen-bond acceptors (Lipinski definition) is 2. The summed E-state index contributed by atoms with van der Waals surface area (Å²) in [5.74, 6) is 0. The first-order chi connectivity index (χ1) is 6.66. The van der Waals surface area contributed by atoms with Crippen LogP contribution in [0.3, 0.4) is 0 Å². The van der Waals surface area contributed by atoms with Gasteiger partial charge in [-0.15, -0.1) is 0 Å². The van der Waals surface area contributed by atoms with E-state index >= 15 is 0 Å². The molecule has 2 heteroatoms. The number of benzene rings is 1. The Bertz CT molecular complexity index is 258. The molecular weight excluding hydrogens is 174 g/mol. The third-order valence-corrected chi connectivity index (χ3v) is 2.48. The molecule has 14 heavy (non-hydrogen) atoms. The molecule has 2 unspecified atom stereocenters.